The van der Waals surface area contributed by atoms with Crippen molar-refractivity contribution in [1.82, 2.24) is 5.32 Å². The molecule has 0 unspecified atom stereocenters. The quantitative estimate of drug-likeness (QED) is 0.769. The molecule has 0 aliphatic carbocycles. The fraction of sp³-hybridized carbons (Fsp3) is 0.571. The summed E-state index contributed by atoms with van der Waals surface area (Å²) in [6, 6.07) is 5.71. The maximum absolute atomic E-state index is 13.8. The fourth-order valence-electron chi connectivity index (χ4n) is 1.41. The molecule has 0 saturated heterocycles. The third kappa shape index (κ3) is 5.09. The van der Waals surface area contributed by atoms with Gasteiger partial charge in [-0.2, -0.15) is 0 Å². The molecule has 17 heavy (non-hydrogen) atoms. The van der Waals surface area contributed by atoms with Gasteiger partial charge in [-0.1, -0.05) is 33.8 Å². The smallest absolute Gasteiger partial charge is 0.128 e. The van der Waals surface area contributed by atoms with E-state index in [1.807, 2.05) is 6.07 Å². The normalized spacial score (nSPS) is 11.5. The summed E-state index contributed by atoms with van der Waals surface area (Å²) in [4.78, 5) is 1.06. The van der Waals surface area contributed by atoms with Gasteiger partial charge in [0.05, 0.1) is 0 Å². The molecule has 1 N–H and O–H groups in total. The van der Waals surface area contributed by atoms with Crippen molar-refractivity contribution in [2.75, 3.05) is 5.75 Å². The SMILES string of the molecule is CC(C)CSc1cccc(F)c1CNC(C)C. The molecule has 96 valence electrons. The Morgan fingerprint density at radius 2 is 1.94 bits per heavy atom. The van der Waals surface area contributed by atoms with Crippen LogP contribution >= 0.6 is 11.8 Å². The third-order valence-electron chi connectivity index (χ3n) is 2.34. The first kappa shape index (κ1) is 14.5. The summed E-state index contributed by atoms with van der Waals surface area (Å²) in [5.74, 6) is 1.54. The number of nitrogens with one attached hydrogen (secondary N) is 1. The minimum Gasteiger partial charge on any atom is -0.310 e. The standard InChI is InChI=1S/C14H22FNS/c1-10(2)9-17-14-7-5-6-13(15)12(14)8-16-11(3)4/h5-7,10-11,16H,8-9H2,1-4H3. The number of halogens is 1. The van der Waals surface area contributed by atoms with Crippen LogP contribution in [0.15, 0.2) is 23.1 Å². The van der Waals surface area contributed by atoms with Crippen LogP contribution in [0, 0.1) is 11.7 Å². The Labute approximate surface area is 108 Å². The topological polar surface area (TPSA) is 12.0 Å². The zero-order valence-corrected chi connectivity index (χ0v) is 11.9. The van der Waals surface area contributed by atoms with Crippen LogP contribution in [0.3, 0.4) is 0 Å². The Morgan fingerprint density at radius 1 is 1.24 bits per heavy atom. The Balaban J connectivity index is 2.76. The van der Waals surface area contributed by atoms with Crippen molar-refractivity contribution >= 4 is 11.8 Å². The average Bonchev–Trinajstić information content (AvgIpc) is 2.24. The summed E-state index contributed by atoms with van der Waals surface area (Å²) in [5, 5.41) is 3.28. The molecule has 0 amide bonds. The Hall–Kier alpha value is -0.540. The molecule has 0 saturated carbocycles. The third-order valence-corrected chi connectivity index (χ3v) is 3.86. The van der Waals surface area contributed by atoms with Crippen LogP contribution in [0.2, 0.25) is 0 Å². The molecule has 1 aromatic rings. The molecule has 0 heterocycles. The maximum Gasteiger partial charge on any atom is 0.128 e. The molecular weight excluding hydrogens is 233 g/mol. The van der Waals surface area contributed by atoms with Crippen molar-refractivity contribution < 1.29 is 4.39 Å². The lowest BCUT2D eigenvalue weighted by Gasteiger charge is -2.14. The van der Waals surface area contributed by atoms with Gasteiger partial charge < -0.3 is 5.32 Å². The van der Waals surface area contributed by atoms with Crippen LogP contribution < -0.4 is 5.32 Å². The zero-order valence-electron chi connectivity index (χ0n) is 11.1. The van der Waals surface area contributed by atoms with E-state index in [1.165, 1.54) is 6.07 Å². The summed E-state index contributed by atoms with van der Waals surface area (Å²) >= 11 is 1.74. The van der Waals surface area contributed by atoms with E-state index < -0.39 is 0 Å². The van der Waals surface area contributed by atoms with Gasteiger partial charge in [-0.25, -0.2) is 4.39 Å². The highest BCUT2D eigenvalue weighted by Gasteiger charge is 2.09. The van der Waals surface area contributed by atoms with Crippen molar-refractivity contribution in [3.63, 3.8) is 0 Å². The van der Waals surface area contributed by atoms with Gasteiger partial charge in [0, 0.05) is 28.8 Å². The van der Waals surface area contributed by atoms with Crippen molar-refractivity contribution in [2.45, 2.75) is 45.2 Å². The molecule has 0 bridgehead atoms. The lowest BCUT2D eigenvalue weighted by Crippen LogP contribution is -2.22. The molecule has 0 fully saturated rings. The van der Waals surface area contributed by atoms with Gasteiger partial charge in [-0.3, -0.25) is 0 Å². The molecule has 1 rings (SSSR count). The highest BCUT2D eigenvalue weighted by Crippen LogP contribution is 2.26. The van der Waals surface area contributed by atoms with Gasteiger partial charge in [0.2, 0.25) is 0 Å². The van der Waals surface area contributed by atoms with E-state index in [-0.39, 0.29) is 5.82 Å². The predicted octanol–water partition coefficient (Wildman–Crippen LogP) is 4.07. The van der Waals surface area contributed by atoms with Crippen LogP contribution in [-0.4, -0.2) is 11.8 Å². The highest BCUT2D eigenvalue weighted by atomic mass is 32.2. The van der Waals surface area contributed by atoms with E-state index in [0.717, 1.165) is 16.2 Å². The van der Waals surface area contributed by atoms with E-state index in [0.29, 0.717) is 18.5 Å². The van der Waals surface area contributed by atoms with Crippen LogP contribution in [0.4, 0.5) is 4.39 Å². The second-order valence-corrected chi connectivity index (χ2v) is 6.02. The summed E-state index contributed by atoms with van der Waals surface area (Å²) in [7, 11) is 0. The second-order valence-electron chi connectivity index (χ2n) is 4.96. The zero-order chi connectivity index (χ0) is 12.8. The van der Waals surface area contributed by atoms with E-state index in [4.69, 9.17) is 0 Å². The van der Waals surface area contributed by atoms with Gasteiger partial charge in [-0.15, -0.1) is 11.8 Å². The molecular formula is C14H22FNS. The first-order valence-corrected chi connectivity index (χ1v) is 7.12. The summed E-state index contributed by atoms with van der Waals surface area (Å²) < 4.78 is 13.8. The van der Waals surface area contributed by atoms with E-state index in [2.05, 4.69) is 33.0 Å². The largest absolute Gasteiger partial charge is 0.310 e. The van der Waals surface area contributed by atoms with Crippen molar-refractivity contribution in [3.8, 4) is 0 Å². The number of thioether (sulfide) groups is 1. The van der Waals surface area contributed by atoms with Gasteiger partial charge >= 0.3 is 0 Å². The number of hydrogen-bond acceptors (Lipinski definition) is 2. The van der Waals surface area contributed by atoms with E-state index in [9.17, 15) is 4.39 Å². The molecule has 0 spiro atoms. The molecule has 0 aliphatic rings. The van der Waals surface area contributed by atoms with Gasteiger partial charge in [0.25, 0.3) is 0 Å². The average molecular weight is 255 g/mol. The van der Waals surface area contributed by atoms with Crippen molar-refractivity contribution in [1.29, 1.82) is 0 Å². The number of benzene rings is 1. The maximum atomic E-state index is 13.8. The number of hydrogen-bond donors (Lipinski definition) is 1. The van der Waals surface area contributed by atoms with Gasteiger partial charge in [-0.05, 0) is 18.1 Å². The Bertz CT molecular complexity index is 350. The summed E-state index contributed by atoms with van der Waals surface area (Å²) in [5.41, 5.74) is 0.798. The molecule has 3 heteroatoms. The molecule has 0 atom stereocenters. The van der Waals surface area contributed by atoms with Gasteiger partial charge in [0.1, 0.15) is 5.82 Å². The highest BCUT2D eigenvalue weighted by molar-refractivity contribution is 7.99. The Morgan fingerprint density at radius 3 is 2.53 bits per heavy atom. The monoisotopic (exact) mass is 255 g/mol. The van der Waals surface area contributed by atoms with E-state index >= 15 is 0 Å². The molecule has 1 nitrogen and oxygen atoms in total. The minimum absolute atomic E-state index is 0.105. The minimum atomic E-state index is -0.105. The van der Waals surface area contributed by atoms with Crippen LogP contribution in [0.5, 0.6) is 0 Å². The lowest BCUT2D eigenvalue weighted by atomic mass is 10.2. The van der Waals surface area contributed by atoms with E-state index in [1.54, 1.807) is 17.8 Å². The van der Waals surface area contributed by atoms with Crippen molar-refractivity contribution in [2.24, 2.45) is 5.92 Å². The predicted molar refractivity (Wildman–Crippen MR) is 73.9 cm³/mol. The van der Waals surface area contributed by atoms with Crippen LogP contribution in [0.25, 0.3) is 0 Å². The summed E-state index contributed by atoms with van der Waals surface area (Å²) in [6.45, 7) is 9.10. The molecule has 1 aromatic carbocycles. The molecule has 0 aliphatic heterocycles. The fourth-order valence-corrected chi connectivity index (χ4v) is 2.44. The van der Waals surface area contributed by atoms with Gasteiger partial charge in [0.15, 0.2) is 0 Å². The van der Waals surface area contributed by atoms with Crippen LogP contribution in [-0.2, 0) is 6.54 Å². The number of rotatable bonds is 6. The second kappa shape index (κ2) is 7.02. The molecule has 0 radical (unpaired) electrons. The van der Waals surface area contributed by atoms with Crippen molar-refractivity contribution in [3.05, 3.63) is 29.6 Å². The first-order chi connectivity index (χ1) is 8.00. The Kier molecular flexibility index (Phi) is 6.00. The lowest BCUT2D eigenvalue weighted by molar-refractivity contribution is 0.546. The van der Waals surface area contributed by atoms with Crippen LogP contribution in [0.1, 0.15) is 33.3 Å². The molecule has 0 aromatic heterocycles. The first-order valence-electron chi connectivity index (χ1n) is 6.14. The summed E-state index contributed by atoms with van der Waals surface area (Å²) in [6.07, 6.45) is 0.